The number of guanidine groups is 1. The number of nitrogens with two attached hydrogens (primary N) is 3. The van der Waals surface area contributed by atoms with Crippen molar-refractivity contribution in [3.63, 3.8) is 0 Å². The van der Waals surface area contributed by atoms with Gasteiger partial charge in [0.05, 0.1) is 12.6 Å². The van der Waals surface area contributed by atoms with Crippen LogP contribution in [0.25, 0.3) is 0 Å². The zero-order valence-electron chi connectivity index (χ0n) is 37.0. The molecule has 0 bridgehead atoms. The van der Waals surface area contributed by atoms with E-state index in [2.05, 4.69) is 10.3 Å². The average molecular weight is 929 g/mol. The smallest absolute Gasteiger partial charge is 0.418 e. The van der Waals surface area contributed by atoms with E-state index in [9.17, 15) is 24.0 Å². The molecule has 7 N–H and O–H groups in total. The number of amides is 3. The second-order valence-corrected chi connectivity index (χ2v) is 15.1. The molecule has 18 nitrogen and oxygen atoms in total. The molecule has 0 aliphatic heterocycles. The molecule has 68 heavy (non-hydrogen) atoms. The van der Waals surface area contributed by atoms with Gasteiger partial charge in [-0.1, -0.05) is 152 Å². The number of ether oxygens (including phenoxy) is 5. The summed E-state index contributed by atoms with van der Waals surface area (Å²) in [5.41, 5.74) is 15.0. The molecule has 0 radical (unpaired) electrons. The topological polar surface area (TPSA) is 271 Å². The molecular formula is C50H52N6O12. The first-order valence-electron chi connectivity index (χ1n) is 21.4. The minimum atomic E-state index is -3.77. The summed E-state index contributed by atoms with van der Waals surface area (Å²) < 4.78 is 28.5. The van der Waals surface area contributed by atoms with E-state index in [-0.39, 0.29) is 30.2 Å². The van der Waals surface area contributed by atoms with Gasteiger partial charge in [-0.2, -0.15) is 0 Å². The van der Waals surface area contributed by atoms with Crippen LogP contribution in [0.5, 0.6) is 0 Å². The number of nitrogens with zero attached hydrogens (tertiary/aromatic N) is 2. The minimum Gasteiger partial charge on any atom is -0.460 e. The molecular weight excluding hydrogens is 877 g/mol. The summed E-state index contributed by atoms with van der Waals surface area (Å²) in [6, 6.07) is 39.4. The number of imide groups is 1. The van der Waals surface area contributed by atoms with Crippen molar-refractivity contribution < 1.29 is 57.2 Å². The number of rotatable bonds is 23. The first-order chi connectivity index (χ1) is 32.9. The highest BCUT2D eigenvalue weighted by molar-refractivity contribution is 6.20. The van der Waals surface area contributed by atoms with Gasteiger partial charge in [0.25, 0.3) is 11.4 Å². The fourth-order valence-electron chi connectivity index (χ4n) is 6.61. The lowest BCUT2D eigenvalue weighted by molar-refractivity contribution is -0.195. The first-order valence-corrected chi connectivity index (χ1v) is 21.4. The quantitative estimate of drug-likeness (QED) is 0.0180. The highest BCUT2D eigenvalue weighted by Crippen LogP contribution is 2.35. The van der Waals surface area contributed by atoms with Crippen molar-refractivity contribution in [2.45, 2.75) is 57.5 Å². The number of esters is 4. The van der Waals surface area contributed by atoms with Gasteiger partial charge >= 0.3 is 30.0 Å². The SMILES string of the molecule is NC(N)=NCCC[C@H](N)C(=O)NCC(=O)N(C(=O)OCc1ccccc1)C(C(=O)OCc1ccccc1)(C(=O)OCc1ccccc1)C(C(=O)OCc1ccccc1)C(=O)OCc1ccccc1. The third kappa shape index (κ3) is 14.6. The Morgan fingerprint density at radius 3 is 1.25 bits per heavy atom. The largest absolute Gasteiger partial charge is 0.460 e. The molecule has 0 saturated heterocycles. The van der Waals surface area contributed by atoms with E-state index < -0.39 is 98.9 Å². The zero-order chi connectivity index (χ0) is 48.7. The standard InChI is InChI=1S/C50H52N6O12/c51-40(27-16-28-54-48(52)53)43(58)55-29-41(57)56(49(63)68-34-39-25-14-5-15-26-39)50(46(61)66-32-37-21-10-3-11-22-37,47(62)67-33-38-23-12-4-13-24-38)42(44(59)64-30-35-17-6-1-7-18-35)45(60)65-31-36-19-8-2-9-20-36/h1-15,17-26,40,42H,16,27-34,51H2,(H,55,58)(H4,52,53,54)/t40-/m0/s1. The Labute approximate surface area is 392 Å². The Hall–Kier alpha value is -8.38. The summed E-state index contributed by atoms with van der Waals surface area (Å²) in [5, 5.41) is 2.31. The van der Waals surface area contributed by atoms with E-state index in [1.807, 2.05) is 0 Å². The normalized spacial score (nSPS) is 11.3. The van der Waals surface area contributed by atoms with E-state index in [1.165, 1.54) is 0 Å². The molecule has 5 aromatic rings. The van der Waals surface area contributed by atoms with Crippen LogP contribution in [0.4, 0.5) is 4.79 Å². The summed E-state index contributed by atoms with van der Waals surface area (Å²) >= 11 is 0. The Balaban J connectivity index is 1.71. The van der Waals surface area contributed by atoms with Gasteiger partial charge in [0, 0.05) is 6.54 Å². The van der Waals surface area contributed by atoms with E-state index in [0.717, 1.165) is 0 Å². The maximum Gasteiger partial charge on any atom is 0.418 e. The number of aliphatic imine (C=N–C) groups is 1. The van der Waals surface area contributed by atoms with Crippen LogP contribution in [-0.2, 0) is 85.5 Å². The summed E-state index contributed by atoms with van der Waals surface area (Å²) in [5.74, 6) is -12.3. The number of benzene rings is 5. The van der Waals surface area contributed by atoms with Crippen LogP contribution in [0.2, 0.25) is 0 Å². The van der Waals surface area contributed by atoms with Gasteiger partial charge in [-0.15, -0.1) is 0 Å². The van der Waals surface area contributed by atoms with Crippen molar-refractivity contribution in [2.75, 3.05) is 13.1 Å². The van der Waals surface area contributed by atoms with Crippen LogP contribution in [0.15, 0.2) is 157 Å². The molecule has 5 rings (SSSR count). The average Bonchev–Trinajstić information content (AvgIpc) is 3.36. The molecule has 0 aromatic heterocycles. The van der Waals surface area contributed by atoms with E-state index in [1.54, 1.807) is 152 Å². The highest BCUT2D eigenvalue weighted by Gasteiger charge is 2.70. The molecule has 0 heterocycles. The molecule has 0 fully saturated rings. The molecule has 354 valence electrons. The molecule has 0 unspecified atom stereocenters. The highest BCUT2D eigenvalue weighted by atomic mass is 16.6. The van der Waals surface area contributed by atoms with Crippen LogP contribution in [0, 0.1) is 5.92 Å². The van der Waals surface area contributed by atoms with Crippen LogP contribution in [0.3, 0.4) is 0 Å². The fraction of sp³-hybridized carbons (Fsp3) is 0.240. The predicted octanol–water partition coefficient (Wildman–Crippen LogP) is 3.98. The van der Waals surface area contributed by atoms with Crippen molar-refractivity contribution in [1.29, 1.82) is 0 Å². The maximum atomic E-state index is 15.4. The number of nitrogens with one attached hydrogen (secondary N) is 1. The maximum absolute atomic E-state index is 15.4. The van der Waals surface area contributed by atoms with Crippen molar-refractivity contribution >= 4 is 47.7 Å². The van der Waals surface area contributed by atoms with E-state index in [0.29, 0.717) is 27.8 Å². The minimum absolute atomic E-state index is 0.0315. The predicted molar refractivity (Wildman–Crippen MR) is 246 cm³/mol. The van der Waals surface area contributed by atoms with Gasteiger partial charge in [0.15, 0.2) is 11.9 Å². The fourth-order valence-corrected chi connectivity index (χ4v) is 6.61. The summed E-state index contributed by atoms with van der Waals surface area (Å²) in [4.78, 5) is 108. The Kier molecular flexibility index (Phi) is 19.3. The van der Waals surface area contributed by atoms with Crippen LogP contribution >= 0.6 is 0 Å². The summed E-state index contributed by atoms with van der Waals surface area (Å²) in [7, 11) is 0. The van der Waals surface area contributed by atoms with E-state index in [4.69, 9.17) is 40.9 Å². The Bertz CT molecular complexity index is 2360. The van der Waals surface area contributed by atoms with E-state index >= 15 is 9.59 Å². The molecule has 0 aliphatic carbocycles. The molecule has 18 heteroatoms. The third-order valence-corrected chi connectivity index (χ3v) is 10.1. The van der Waals surface area contributed by atoms with Crippen molar-refractivity contribution in [3.05, 3.63) is 179 Å². The number of carbonyl (C=O) groups excluding carboxylic acids is 7. The second-order valence-electron chi connectivity index (χ2n) is 15.1. The molecule has 1 atom stereocenters. The number of hydrogen-bond acceptors (Lipinski definition) is 14. The van der Waals surface area contributed by atoms with Crippen LogP contribution in [0.1, 0.15) is 40.7 Å². The lowest BCUT2D eigenvalue weighted by Crippen LogP contribution is -2.72. The third-order valence-electron chi connectivity index (χ3n) is 10.1. The summed E-state index contributed by atoms with van der Waals surface area (Å²) in [6.45, 7) is -3.89. The van der Waals surface area contributed by atoms with Crippen LogP contribution < -0.4 is 22.5 Å². The summed E-state index contributed by atoms with van der Waals surface area (Å²) in [6.07, 6.45) is -1.46. The monoisotopic (exact) mass is 928 g/mol. The molecule has 0 aliphatic rings. The van der Waals surface area contributed by atoms with Gasteiger partial charge in [0.1, 0.15) is 33.0 Å². The van der Waals surface area contributed by atoms with Crippen molar-refractivity contribution in [2.24, 2.45) is 28.1 Å². The zero-order valence-corrected chi connectivity index (χ0v) is 37.0. The van der Waals surface area contributed by atoms with Crippen molar-refractivity contribution in [3.8, 4) is 0 Å². The lowest BCUT2D eigenvalue weighted by Gasteiger charge is -2.40. The van der Waals surface area contributed by atoms with Gasteiger partial charge < -0.3 is 46.2 Å². The van der Waals surface area contributed by atoms with Gasteiger partial charge in [0.2, 0.25) is 5.91 Å². The number of carbonyl (C=O) groups is 7. The first kappa shape index (κ1) is 50.6. The van der Waals surface area contributed by atoms with Crippen molar-refractivity contribution in [1.82, 2.24) is 10.2 Å². The van der Waals surface area contributed by atoms with Gasteiger partial charge in [-0.3, -0.25) is 24.2 Å². The molecule has 3 amide bonds. The van der Waals surface area contributed by atoms with Crippen LogP contribution in [-0.4, -0.2) is 77.3 Å². The van der Waals surface area contributed by atoms with Gasteiger partial charge in [-0.05, 0) is 40.7 Å². The Morgan fingerprint density at radius 2 is 0.882 bits per heavy atom. The second kappa shape index (κ2) is 25.9. The Morgan fingerprint density at radius 1 is 0.529 bits per heavy atom. The lowest BCUT2D eigenvalue weighted by atomic mass is 9.81. The van der Waals surface area contributed by atoms with Gasteiger partial charge in [-0.25, -0.2) is 19.3 Å². The molecule has 5 aromatic carbocycles. The molecule has 0 spiro atoms. The number of hydrogen-bond donors (Lipinski definition) is 4. The molecule has 0 saturated carbocycles.